The summed E-state index contributed by atoms with van der Waals surface area (Å²) in [6.45, 7) is 1.37. The van der Waals surface area contributed by atoms with Gasteiger partial charge in [0.2, 0.25) is 5.13 Å². The van der Waals surface area contributed by atoms with Gasteiger partial charge in [0.1, 0.15) is 11.3 Å². The molecule has 0 unspecified atom stereocenters. The lowest BCUT2D eigenvalue weighted by Gasteiger charge is -2.09. The van der Waals surface area contributed by atoms with Crippen molar-refractivity contribution in [1.82, 2.24) is 4.98 Å². The number of fused-ring (bicyclic) bond motifs is 1. The van der Waals surface area contributed by atoms with Gasteiger partial charge in [-0.05, 0) is 25.1 Å². The van der Waals surface area contributed by atoms with Gasteiger partial charge < -0.3 is 9.84 Å². The van der Waals surface area contributed by atoms with E-state index in [9.17, 15) is 27.5 Å². The summed E-state index contributed by atoms with van der Waals surface area (Å²) in [4.78, 5) is 16.4. The third-order valence-corrected chi connectivity index (χ3v) is 4.70. The van der Waals surface area contributed by atoms with E-state index in [-0.39, 0.29) is 12.7 Å². The van der Waals surface area contributed by atoms with Crippen molar-refractivity contribution in [1.29, 1.82) is 0 Å². The lowest BCUT2D eigenvalue weighted by molar-refractivity contribution is -0.137. The van der Waals surface area contributed by atoms with E-state index in [1.54, 1.807) is 12.1 Å². The lowest BCUT2D eigenvalue weighted by atomic mass is 10.1. The number of esters is 1. The summed E-state index contributed by atoms with van der Waals surface area (Å²) in [5.41, 5.74) is 1.45. The van der Waals surface area contributed by atoms with Crippen molar-refractivity contribution in [2.75, 3.05) is 12.0 Å². The van der Waals surface area contributed by atoms with Gasteiger partial charge in [0.25, 0.3) is 0 Å². The van der Waals surface area contributed by atoms with Gasteiger partial charge in [-0.2, -0.15) is 5.10 Å². The molecule has 0 aliphatic carbocycles. The number of benzene rings is 2. The molecule has 2 aromatic carbocycles. The van der Waals surface area contributed by atoms with Gasteiger partial charge >= 0.3 is 5.97 Å². The summed E-state index contributed by atoms with van der Waals surface area (Å²) >= 11 is 1.25. The highest BCUT2D eigenvalue weighted by molar-refractivity contribution is 7.22. The lowest BCUT2D eigenvalue weighted by Crippen LogP contribution is -2.13. The van der Waals surface area contributed by atoms with Crippen LogP contribution in [0.5, 0.6) is 0 Å². The highest BCUT2D eigenvalue weighted by atomic mass is 32.1. The van der Waals surface area contributed by atoms with Gasteiger partial charge in [-0.3, -0.25) is 5.43 Å². The number of carbonyl (C=O) groups is 1. The molecule has 3 rings (SSSR count). The number of nitrogens with one attached hydrogen (secondary N) is 1. The van der Waals surface area contributed by atoms with Gasteiger partial charge in [0, 0.05) is 0 Å². The minimum absolute atomic E-state index is 0.108. The molecular formula is C19H13F4N3O3S. The molecule has 0 radical (unpaired) electrons. The Morgan fingerprint density at radius 3 is 2.67 bits per heavy atom. The number of thiazole rings is 1. The molecular weight excluding hydrogens is 426 g/mol. The van der Waals surface area contributed by atoms with Crippen LogP contribution < -0.4 is 5.43 Å². The molecule has 0 spiro atoms. The molecule has 0 saturated carbocycles. The SMILES string of the molecule is CCOC(=O)C(/C=N/Nc1nc2ccccc2s1)=C(\O)c1cc(F)c(F)c(F)c1F. The number of aromatic nitrogens is 1. The maximum absolute atomic E-state index is 14.0. The Morgan fingerprint density at radius 2 is 1.97 bits per heavy atom. The molecule has 0 aliphatic heterocycles. The number of hydrogen-bond acceptors (Lipinski definition) is 7. The second kappa shape index (κ2) is 8.91. The van der Waals surface area contributed by atoms with Crippen molar-refractivity contribution in [3.8, 4) is 0 Å². The van der Waals surface area contributed by atoms with E-state index in [4.69, 9.17) is 4.74 Å². The fraction of sp³-hybridized carbons (Fsp3) is 0.105. The van der Waals surface area contributed by atoms with E-state index in [0.717, 1.165) is 10.9 Å². The fourth-order valence-electron chi connectivity index (χ4n) is 2.38. The molecule has 1 heterocycles. The van der Waals surface area contributed by atoms with Gasteiger partial charge in [0.05, 0.1) is 28.6 Å². The first-order valence-corrected chi connectivity index (χ1v) is 9.23. The van der Waals surface area contributed by atoms with E-state index in [0.29, 0.717) is 10.6 Å². The zero-order chi connectivity index (χ0) is 21.8. The quantitative estimate of drug-likeness (QED) is 0.0844. The number of hydrogen-bond donors (Lipinski definition) is 2. The molecule has 1 aromatic heterocycles. The minimum atomic E-state index is -2.13. The molecule has 0 saturated heterocycles. The van der Waals surface area contributed by atoms with Gasteiger partial charge in [-0.15, -0.1) is 0 Å². The summed E-state index contributed by atoms with van der Waals surface area (Å²) in [5.74, 6) is -10.1. The summed E-state index contributed by atoms with van der Waals surface area (Å²) in [5, 5.41) is 14.4. The zero-order valence-corrected chi connectivity index (χ0v) is 16.1. The fourth-order valence-corrected chi connectivity index (χ4v) is 3.20. The maximum Gasteiger partial charge on any atom is 0.343 e. The van der Waals surface area contributed by atoms with Crippen LogP contribution in [0.25, 0.3) is 16.0 Å². The van der Waals surface area contributed by atoms with Crippen LogP contribution in [0.4, 0.5) is 22.7 Å². The smallest absolute Gasteiger partial charge is 0.343 e. The summed E-state index contributed by atoms with van der Waals surface area (Å²) in [6.07, 6.45) is 0.776. The number of nitrogens with zero attached hydrogens (tertiary/aromatic N) is 2. The van der Waals surface area contributed by atoms with Crippen LogP contribution in [0.3, 0.4) is 0 Å². The third-order valence-electron chi connectivity index (χ3n) is 3.76. The number of halogens is 4. The number of ether oxygens (including phenoxy) is 1. The van der Waals surface area contributed by atoms with Gasteiger partial charge in [-0.25, -0.2) is 27.3 Å². The minimum Gasteiger partial charge on any atom is -0.506 e. The van der Waals surface area contributed by atoms with E-state index in [2.05, 4.69) is 15.5 Å². The number of rotatable bonds is 6. The molecule has 3 aromatic rings. The molecule has 0 atom stereocenters. The number of carbonyl (C=O) groups excluding carboxylic acids is 1. The Hall–Kier alpha value is -3.47. The zero-order valence-electron chi connectivity index (χ0n) is 15.2. The second-order valence-corrected chi connectivity index (χ2v) is 6.72. The standard InChI is InChI=1S/C19H13F4N3O3S/c1-2-29-18(28)10(17(27)9-7-11(20)15(22)16(23)14(9)21)8-24-26-19-25-12-5-3-4-6-13(12)30-19/h3-8,27H,2H2,1H3,(H,25,26)/b17-10-,24-8+. The molecule has 0 fully saturated rings. The first kappa shape index (κ1) is 21.2. The van der Waals surface area contributed by atoms with E-state index in [1.165, 1.54) is 18.3 Å². The maximum atomic E-state index is 14.0. The Labute approximate surface area is 171 Å². The van der Waals surface area contributed by atoms with Crippen molar-refractivity contribution in [3.63, 3.8) is 0 Å². The average molecular weight is 439 g/mol. The Balaban J connectivity index is 1.98. The topological polar surface area (TPSA) is 83.8 Å². The van der Waals surface area contributed by atoms with Crippen LogP contribution >= 0.6 is 11.3 Å². The molecule has 156 valence electrons. The van der Waals surface area contributed by atoms with Gasteiger partial charge in [0.15, 0.2) is 23.3 Å². The summed E-state index contributed by atoms with van der Waals surface area (Å²) < 4.78 is 59.8. The average Bonchev–Trinajstić information content (AvgIpc) is 3.14. The molecule has 6 nitrogen and oxygen atoms in total. The predicted octanol–water partition coefficient (Wildman–Crippen LogP) is 4.78. The molecule has 30 heavy (non-hydrogen) atoms. The third kappa shape index (κ3) is 4.25. The van der Waals surface area contributed by atoms with Crippen molar-refractivity contribution in [3.05, 3.63) is 64.7 Å². The second-order valence-electron chi connectivity index (χ2n) is 5.69. The molecule has 0 bridgehead atoms. The monoisotopic (exact) mass is 439 g/mol. The Morgan fingerprint density at radius 1 is 1.23 bits per heavy atom. The van der Waals surface area contributed by atoms with Crippen molar-refractivity contribution >= 4 is 44.6 Å². The Kier molecular flexibility index (Phi) is 6.31. The largest absolute Gasteiger partial charge is 0.506 e. The van der Waals surface area contributed by atoms with Crippen LogP contribution in [-0.4, -0.2) is 28.9 Å². The number of anilines is 1. The highest BCUT2D eigenvalue weighted by Crippen LogP contribution is 2.27. The number of aliphatic hydroxyl groups is 1. The van der Waals surface area contributed by atoms with Crippen LogP contribution in [0.1, 0.15) is 12.5 Å². The van der Waals surface area contributed by atoms with Crippen LogP contribution in [0, 0.1) is 23.3 Å². The molecule has 2 N–H and O–H groups in total. The van der Waals surface area contributed by atoms with Crippen molar-refractivity contribution in [2.45, 2.75) is 6.92 Å². The van der Waals surface area contributed by atoms with Crippen LogP contribution in [0.2, 0.25) is 0 Å². The van der Waals surface area contributed by atoms with Crippen molar-refractivity contribution < 1.29 is 32.2 Å². The molecule has 11 heteroatoms. The van der Waals surface area contributed by atoms with Crippen LogP contribution in [-0.2, 0) is 9.53 Å². The van der Waals surface area contributed by atoms with Crippen molar-refractivity contribution in [2.24, 2.45) is 5.10 Å². The first-order chi connectivity index (χ1) is 14.3. The highest BCUT2D eigenvalue weighted by Gasteiger charge is 2.25. The molecule has 0 aliphatic rings. The predicted molar refractivity (Wildman–Crippen MR) is 104 cm³/mol. The van der Waals surface area contributed by atoms with E-state index in [1.807, 2.05) is 12.1 Å². The van der Waals surface area contributed by atoms with Gasteiger partial charge in [-0.1, -0.05) is 23.5 Å². The number of aliphatic hydroxyl groups excluding tert-OH is 1. The summed E-state index contributed by atoms with van der Waals surface area (Å²) in [6, 6.07) is 7.44. The summed E-state index contributed by atoms with van der Waals surface area (Å²) in [7, 11) is 0. The molecule has 0 amide bonds. The Bertz CT molecular complexity index is 1140. The van der Waals surface area contributed by atoms with E-state index >= 15 is 0 Å². The normalized spacial score (nSPS) is 12.3. The number of para-hydroxylation sites is 1. The van der Waals surface area contributed by atoms with E-state index < -0.39 is 46.1 Å². The first-order valence-electron chi connectivity index (χ1n) is 8.41. The number of hydrazone groups is 1. The van der Waals surface area contributed by atoms with Crippen LogP contribution in [0.15, 0.2) is 41.0 Å².